The van der Waals surface area contributed by atoms with Gasteiger partial charge in [-0.15, -0.1) is 0 Å². The smallest absolute Gasteiger partial charge is 0.142 e. The first-order chi connectivity index (χ1) is 7.54. The SMILES string of the molecule is CCNCc1cc(Cl)cc(Cl)c1OC(C)C. The standard InChI is InChI=1S/C12H17Cl2NO/c1-4-15-7-9-5-10(13)6-11(14)12(9)16-8(2)3/h5-6,8,15H,4,7H2,1-3H3. The van der Waals surface area contributed by atoms with Crippen molar-refractivity contribution in [2.24, 2.45) is 0 Å². The molecule has 0 atom stereocenters. The van der Waals surface area contributed by atoms with Gasteiger partial charge in [-0.1, -0.05) is 30.1 Å². The van der Waals surface area contributed by atoms with Crippen molar-refractivity contribution in [3.63, 3.8) is 0 Å². The van der Waals surface area contributed by atoms with Crippen molar-refractivity contribution in [2.75, 3.05) is 6.54 Å². The first-order valence-corrected chi connectivity index (χ1v) is 6.15. The predicted octanol–water partition coefficient (Wildman–Crippen LogP) is 3.89. The zero-order valence-electron chi connectivity index (χ0n) is 9.81. The average molecular weight is 262 g/mol. The first-order valence-electron chi connectivity index (χ1n) is 5.39. The second-order valence-corrected chi connectivity index (χ2v) is 4.67. The van der Waals surface area contributed by atoms with Crippen LogP contribution in [0.25, 0.3) is 0 Å². The molecule has 2 nitrogen and oxygen atoms in total. The van der Waals surface area contributed by atoms with E-state index in [2.05, 4.69) is 12.2 Å². The second kappa shape index (κ2) is 6.33. The summed E-state index contributed by atoms with van der Waals surface area (Å²) in [6.07, 6.45) is 0.0963. The minimum Gasteiger partial charge on any atom is -0.489 e. The minimum atomic E-state index is 0.0963. The van der Waals surface area contributed by atoms with Gasteiger partial charge >= 0.3 is 0 Å². The van der Waals surface area contributed by atoms with Gasteiger partial charge in [0.05, 0.1) is 11.1 Å². The van der Waals surface area contributed by atoms with Gasteiger partial charge < -0.3 is 10.1 Å². The molecule has 0 heterocycles. The molecule has 16 heavy (non-hydrogen) atoms. The molecule has 0 amide bonds. The summed E-state index contributed by atoms with van der Waals surface area (Å²) in [7, 11) is 0. The van der Waals surface area contributed by atoms with Crippen LogP contribution < -0.4 is 10.1 Å². The maximum Gasteiger partial charge on any atom is 0.142 e. The molecule has 1 aromatic rings. The predicted molar refractivity (Wildman–Crippen MR) is 69.6 cm³/mol. The number of nitrogens with one attached hydrogen (secondary N) is 1. The highest BCUT2D eigenvalue weighted by atomic mass is 35.5. The van der Waals surface area contributed by atoms with Gasteiger partial charge in [-0.3, -0.25) is 0 Å². The molecule has 1 rings (SSSR count). The van der Waals surface area contributed by atoms with Crippen molar-refractivity contribution in [1.82, 2.24) is 5.32 Å². The topological polar surface area (TPSA) is 21.3 Å². The minimum absolute atomic E-state index is 0.0963. The highest BCUT2D eigenvalue weighted by Gasteiger charge is 2.11. The molecule has 0 aliphatic rings. The van der Waals surface area contributed by atoms with Crippen LogP contribution in [-0.4, -0.2) is 12.6 Å². The summed E-state index contributed by atoms with van der Waals surface area (Å²) < 4.78 is 5.70. The fourth-order valence-electron chi connectivity index (χ4n) is 1.37. The molecule has 0 aromatic heterocycles. The van der Waals surface area contributed by atoms with E-state index in [1.165, 1.54) is 0 Å². The zero-order chi connectivity index (χ0) is 12.1. The average Bonchev–Trinajstić information content (AvgIpc) is 2.19. The quantitative estimate of drug-likeness (QED) is 0.869. The normalized spacial score (nSPS) is 10.9. The van der Waals surface area contributed by atoms with Crippen molar-refractivity contribution < 1.29 is 4.74 Å². The van der Waals surface area contributed by atoms with Crippen molar-refractivity contribution in [2.45, 2.75) is 33.4 Å². The van der Waals surface area contributed by atoms with Gasteiger partial charge in [-0.05, 0) is 32.5 Å². The molecule has 1 N–H and O–H groups in total. The molecule has 0 fully saturated rings. The highest BCUT2D eigenvalue weighted by Crippen LogP contribution is 2.33. The van der Waals surface area contributed by atoms with Gasteiger partial charge in [0.15, 0.2) is 0 Å². The van der Waals surface area contributed by atoms with Crippen LogP contribution in [0.1, 0.15) is 26.3 Å². The molecule has 90 valence electrons. The van der Waals surface area contributed by atoms with E-state index in [-0.39, 0.29) is 6.10 Å². The molecular weight excluding hydrogens is 245 g/mol. The van der Waals surface area contributed by atoms with Gasteiger partial charge in [0, 0.05) is 17.1 Å². The molecule has 0 aliphatic carbocycles. The summed E-state index contributed by atoms with van der Waals surface area (Å²) in [6, 6.07) is 3.59. The maximum absolute atomic E-state index is 6.12. The number of benzene rings is 1. The molecule has 1 aromatic carbocycles. The van der Waals surface area contributed by atoms with E-state index in [0.717, 1.165) is 17.9 Å². The molecule has 0 aliphatic heterocycles. The van der Waals surface area contributed by atoms with E-state index in [0.29, 0.717) is 16.6 Å². The Bertz CT molecular complexity index is 353. The molecular formula is C12H17Cl2NO. The van der Waals surface area contributed by atoms with Gasteiger partial charge in [-0.25, -0.2) is 0 Å². The summed E-state index contributed by atoms with van der Waals surface area (Å²) in [5.41, 5.74) is 0.994. The fraction of sp³-hybridized carbons (Fsp3) is 0.500. The van der Waals surface area contributed by atoms with Gasteiger partial charge in [-0.2, -0.15) is 0 Å². The molecule has 0 unspecified atom stereocenters. The number of ether oxygens (including phenoxy) is 1. The fourth-order valence-corrected chi connectivity index (χ4v) is 1.95. The van der Waals surface area contributed by atoms with Gasteiger partial charge in [0.2, 0.25) is 0 Å². The van der Waals surface area contributed by atoms with Crippen LogP contribution in [0.2, 0.25) is 10.0 Å². The van der Waals surface area contributed by atoms with E-state index < -0.39 is 0 Å². The number of hydrogen-bond acceptors (Lipinski definition) is 2. The van der Waals surface area contributed by atoms with Gasteiger partial charge in [0.25, 0.3) is 0 Å². The highest BCUT2D eigenvalue weighted by molar-refractivity contribution is 6.35. The maximum atomic E-state index is 6.12. The monoisotopic (exact) mass is 261 g/mol. The van der Waals surface area contributed by atoms with Crippen LogP contribution in [0.15, 0.2) is 12.1 Å². The lowest BCUT2D eigenvalue weighted by atomic mass is 10.2. The Hall–Kier alpha value is -0.440. The van der Waals surface area contributed by atoms with E-state index in [4.69, 9.17) is 27.9 Å². The Balaban J connectivity index is 3.00. The Kier molecular flexibility index (Phi) is 5.39. The first kappa shape index (κ1) is 13.6. The van der Waals surface area contributed by atoms with Crippen LogP contribution in [0.4, 0.5) is 0 Å². The van der Waals surface area contributed by atoms with Crippen LogP contribution in [0.5, 0.6) is 5.75 Å². The molecule has 0 saturated heterocycles. The number of rotatable bonds is 5. The molecule has 0 spiro atoms. The molecule has 0 saturated carbocycles. The van der Waals surface area contributed by atoms with Crippen molar-refractivity contribution >= 4 is 23.2 Å². The third kappa shape index (κ3) is 3.85. The Morgan fingerprint density at radius 1 is 1.31 bits per heavy atom. The molecule has 4 heteroatoms. The Morgan fingerprint density at radius 2 is 2.00 bits per heavy atom. The third-order valence-corrected chi connectivity index (χ3v) is 2.50. The summed E-state index contributed by atoms with van der Waals surface area (Å²) in [5, 5.41) is 4.43. The van der Waals surface area contributed by atoms with Crippen molar-refractivity contribution in [3.05, 3.63) is 27.7 Å². The summed E-state index contributed by atoms with van der Waals surface area (Å²) in [4.78, 5) is 0. The van der Waals surface area contributed by atoms with Crippen molar-refractivity contribution in [3.8, 4) is 5.75 Å². The van der Waals surface area contributed by atoms with Crippen LogP contribution in [0, 0.1) is 0 Å². The lowest BCUT2D eigenvalue weighted by molar-refractivity contribution is 0.239. The van der Waals surface area contributed by atoms with E-state index >= 15 is 0 Å². The number of halogens is 2. The lowest BCUT2D eigenvalue weighted by Gasteiger charge is -2.16. The van der Waals surface area contributed by atoms with E-state index in [9.17, 15) is 0 Å². The van der Waals surface area contributed by atoms with Crippen LogP contribution in [-0.2, 0) is 6.54 Å². The Morgan fingerprint density at radius 3 is 2.56 bits per heavy atom. The van der Waals surface area contributed by atoms with Crippen LogP contribution >= 0.6 is 23.2 Å². The number of hydrogen-bond donors (Lipinski definition) is 1. The second-order valence-electron chi connectivity index (χ2n) is 3.82. The zero-order valence-corrected chi connectivity index (χ0v) is 11.3. The van der Waals surface area contributed by atoms with Gasteiger partial charge in [0.1, 0.15) is 5.75 Å². The lowest BCUT2D eigenvalue weighted by Crippen LogP contribution is -2.15. The molecule has 0 bridgehead atoms. The summed E-state index contributed by atoms with van der Waals surface area (Å²) in [6.45, 7) is 7.60. The summed E-state index contributed by atoms with van der Waals surface area (Å²) >= 11 is 12.1. The largest absolute Gasteiger partial charge is 0.489 e. The molecule has 0 radical (unpaired) electrons. The van der Waals surface area contributed by atoms with E-state index in [1.54, 1.807) is 6.07 Å². The third-order valence-electron chi connectivity index (χ3n) is 2.00. The Labute approximate surface area is 107 Å². The van der Waals surface area contributed by atoms with Crippen molar-refractivity contribution in [1.29, 1.82) is 0 Å². The van der Waals surface area contributed by atoms with Crippen LogP contribution in [0.3, 0.4) is 0 Å². The van der Waals surface area contributed by atoms with E-state index in [1.807, 2.05) is 19.9 Å². The summed E-state index contributed by atoms with van der Waals surface area (Å²) in [5.74, 6) is 0.724.